The fourth-order valence-corrected chi connectivity index (χ4v) is 6.01. The Kier molecular flexibility index (Phi) is 5.58. The molecule has 0 saturated heterocycles. The molecule has 0 nitrogen and oxygen atoms in total. The van der Waals surface area contributed by atoms with E-state index < -0.39 is 101 Å². The zero-order valence-electron chi connectivity index (χ0n) is 18.4. The summed E-state index contributed by atoms with van der Waals surface area (Å²) in [7, 11) is 0. The molecule has 0 aromatic rings. The van der Waals surface area contributed by atoms with Crippen LogP contribution in [0.3, 0.4) is 0 Å². The Hall–Kier alpha value is -2.86. The maximum Gasteiger partial charge on any atom is 0.271 e. The second kappa shape index (κ2) is 7.60. The van der Waals surface area contributed by atoms with Gasteiger partial charge in [-0.2, -0.15) is 0 Å². The van der Waals surface area contributed by atoms with Crippen molar-refractivity contribution < 1.29 is 52.7 Å². The molecule has 0 aromatic carbocycles. The molecule has 0 aliphatic heterocycles. The van der Waals surface area contributed by atoms with Gasteiger partial charge in [-0.25, -0.2) is 35.1 Å². The molecule has 4 rings (SSSR count). The minimum atomic E-state index is -7.08. The molecule has 0 N–H and O–H groups in total. The van der Waals surface area contributed by atoms with Gasteiger partial charge >= 0.3 is 0 Å². The van der Waals surface area contributed by atoms with Crippen LogP contribution in [-0.4, -0.2) is 52.1 Å². The zero-order chi connectivity index (χ0) is 27.8. The van der Waals surface area contributed by atoms with Crippen molar-refractivity contribution >= 4 is 6.15 Å². The molecule has 0 amide bonds. The smallest absolute Gasteiger partial charge is 0.271 e. The number of alkyl halides is 12. The molecule has 4 atom stereocenters. The summed E-state index contributed by atoms with van der Waals surface area (Å²) >= 11 is 0. The van der Waals surface area contributed by atoms with Gasteiger partial charge in [0.15, 0.2) is 0 Å². The van der Waals surface area contributed by atoms with Gasteiger partial charge in [0.05, 0.1) is 22.3 Å². The van der Waals surface area contributed by atoms with E-state index in [9.17, 15) is 0 Å². The second-order valence-corrected chi connectivity index (χ2v) is 9.30. The Morgan fingerprint density at radius 1 is 0.270 bits per heavy atom. The summed E-state index contributed by atoms with van der Waals surface area (Å²) in [6, 6.07) is 0. The van der Waals surface area contributed by atoms with Crippen molar-refractivity contribution in [2.24, 2.45) is 0 Å². The van der Waals surface area contributed by atoms with Crippen LogP contribution in [0.5, 0.6) is 0 Å². The van der Waals surface area contributed by atoms with Crippen molar-refractivity contribution in [2.45, 2.75) is 46.0 Å². The van der Waals surface area contributed by atoms with E-state index in [4.69, 9.17) is 0 Å². The van der Waals surface area contributed by atoms with E-state index in [0.29, 0.717) is 24.3 Å². The van der Waals surface area contributed by atoms with Gasteiger partial charge in [0.1, 0.15) is 0 Å². The summed E-state index contributed by atoms with van der Waals surface area (Å²) in [4.78, 5) is 0. The third kappa shape index (κ3) is 2.91. The maximum absolute atomic E-state index is 17.0. The molecule has 0 bridgehead atoms. The first-order valence-electron chi connectivity index (χ1n) is 10.7. The van der Waals surface area contributed by atoms with Crippen LogP contribution >= 0.6 is 0 Å². The summed E-state index contributed by atoms with van der Waals surface area (Å²) in [5, 5.41) is 0. The van der Waals surface area contributed by atoms with Gasteiger partial charge in [-0.15, -0.1) is 0 Å². The van der Waals surface area contributed by atoms with Crippen LogP contribution in [0.2, 0.25) is 0 Å². The van der Waals surface area contributed by atoms with Crippen LogP contribution in [0.15, 0.2) is 97.2 Å². The molecule has 0 fully saturated rings. The lowest BCUT2D eigenvalue weighted by molar-refractivity contribution is -0.120. The molecule has 13 heteroatoms. The molecule has 0 saturated carbocycles. The van der Waals surface area contributed by atoms with E-state index in [-0.39, 0.29) is 24.3 Å². The fraction of sp³-hybridized carbons (Fsp3) is 0.333. The minimum absolute atomic E-state index is 0.256. The average molecular weight is 543 g/mol. The highest BCUT2D eigenvalue weighted by atomic mass is 19.3. The van der Waals surface area contributed by atoms with E-state index >= 15 is 52.7 Å². The number of allylic oxidation sites excluding steroid dienone is 16. The topological polar surface area (TPSA) is 0 Å². The van der Waals surface area contributed by atoms with Crippen LogP contribution in [0, 0.1) is 0 Å². The van der Waals surface area contributed by atoms with Gasteiger partial charge in [0.2, 0.25) is 6.15 Å². The van der Waals surface area contributed by atoms with Gasteiger partial charge in [0.25, 0.3) is 23.7 Å². The highest BCUT2D eigenvalue weighted by Crippen LogP contribution is 2.69. The standard InChI is InChI=1S/C24H16BF12/c26-17(9-1-5-13-21(17,30)31)25(18(27)10-2-6-14-22(18,32)33,19(28)11-3-7-15-23(19,34)35)20(29)12-4-8-16-24(20,36)37/h1-16H/q-1. The first kappa shape index (κ1) is 27.2. The molecule has 0 radical (unpaired) electrons. The molecule has 4 aliphatic rings. The van der Waals surface area contributed by atoms with Crippen LogP contribution < -0.4 is 0 Å². The Balaban J connectivity index is 2.36. The molecule has 0 spiro atoms. The van der Waals surface area contributed by atoms with Gasteiger partial charge in [-0.1, -0.05) is 72.9 Å². The van der Waals surface area contributed by atoms with Crippen LogP contribution in [0.4, 0.5) is 52.7 Å². The first-order chi connectivity index (χ1) is 16.8. The first-order valence-corrected chi connectivity index (χ1v) is 10.7. The molecule has 4 aliphatic carbocycles. The van der Waals surface area contributed by atoms with Crippen LogP contribution in [-0.2, 0) is 0 Å². The third-order valence-corrected chi connectivity index (χ3v) is 7.59. The van der Waals surface area contributed by atoms with Crippen molar-refractivity contribution in [3.05, 3.63) is 97.2 Å². The van der Waals surface area contributed by atoms with Gasteiger partial charge in [-0.3, -0.25) is 17.6 Å². The van der Waals surface area contributed by atoms with Crippen molar-refractivity contribution in [2.75, 3.05) is 0 Å². The Morgan fingerprint density at radius 2 is 0.432 bits per heavy atom. The minimum Gasteiger partial charge on any atom is -0.275 e. The lowest BCUT2D eigenvalue weighted by Crippen LogP contribution is -2.95. The van der Waals surface area contributed by atoms with E-state index in [1.807, 2.05) is 0 Å². The Bertz CT molecular complexity index is 1030. The molecule has 4 unspecified atom stereocenters. The summed E-state index contributed by atoms with van der Waals surface area (Å²) in [5.74, 6) is -21.8. The zero-order valence-corrected chi connectivity index (χ0v) is 18.4. The van der Waals surface area contributed by atoms with E-state index in [1.54, 1.807) is 0 Å². The molecule has 0 aromatic heterocycles. The highest BCUT2D eigenvalue weighted by Gasteiger charge is 2.91. The summed E-state index contributed by atoms with van der Waals surface area (Å²) in [5.41, 5.74) is -22.2. The normalized spacial score (nSPS) is 41.6. The van der Waals surface area contributed by atoms with Crippen molar-refractivity contribution in [1.82, 2.24) is 0 Å². The maximum atomic E-state index is 17.0. The Morgan fingerprint density at radius 3 is 0.595 bits per heavy atom. The van der Waals surface area contributed by atoms with E-state index in [0.717, 1.165) is 0 Å². The molecule has 200 valence electrons. The monoisotopic (exact) mass is 543 g/mol. The molecular formula is C24H16BF12-. The van der Waals surface area contributed by atoms with E-state index in [1.165, 1.54) is 0 Å². The molecular weight excluding hydrogens is 527 g/mol. The summed E-state index contributed by atoms with van der Waals surface area (Å²) in [6.07, 6.45) is -8.54. The average Bonchev–Trinajstić information content (AvgIpc) is 2.77. The largest absolute Gasteiger partial charge is 0.275 e. The lowest BCUT2D eigenvalue weighted by Gasteiger charge is -2.70. The fourth-order valence-electron chi connectivity index (χ4n) is 6.01. The quantitative estimate of drug-likeness (QED) is 0.255. The number of rotatable bonds is 4. The number of hydrogen-bond donors (Lipinski definition) is 0. The van der Waals surface area contributed by atoms with E-state index in [2.05, 4.69) is 0 Å². The van der Waals surface area contributed by atoms with Gasteiger partial charge in [-0.05, 0) is 24.3 Å². The molecule has 0 heterocycles. The number of hydrogen-bond acceptors (Lipinski definition) is 0. The SMILES string of the molecule is FC1(F)C=CC=CC1(F)[B-](C1(F)C=CC=CC1(F)F)(C1(F)C=CC=CC1(F)F)C1(F)C=CC=CC1(F)F. The molecule has 37 heavy (non-hydrogen) atoms. The van der Waals surface area contributed by atoms with Crippen molar-refractivity contribution in [1.29, 1.82) is 0 Å². The van der Waals surface area contributed by atoms with Gasteiger partial charge < -0.3 is 0 Å². The van der Waals surface area contributed by atoms with Gasteiger partial charge in [0, 0.05) is 0 Å². The number of halogens is 12. The van der Waals surface area contributed by atoms with Crippen molar-refractivity contribution in [3.8, 4) is 0 Å². The van der Waals surface area contributed by atoms with Crippen LogP contribution in [0.1, 0.15) is 0 Å². The predicted octanol–water partition coefficient (Wildman–Crippen LogP) is 7.47. The second-order valence-electron chi connectivity index (χ2n) is 9.30. The lowest BCUT2D eigenvalue weighted by atomic mass is 8.98. The van der Waals surface area contributed by atoms with Crippen molar-refractivity contribution in [3.63, 3.8) is 0 Å². The summed E-state index contributed by atoms with van der Waals surface area (Å²) in [6.45, 7) is 0. The third-order valence-electron chi connectivity index (χ3n) is 7.59. The summed E-state index contributed by atoms with van der Waals surface area (Å²) < 4.78 is 192. The highest BCUT2D eigenvalue weighted by molar-refractivity contribution is 6.93. The Labute approximate surface area is 202 Å². The van der Waals surface area contributed by atoms with Crippen LogP contribution in [0.25, 0.3) is 0 Å². The predicted molar refractivity (Wildman–Crippen MR) is 114 cm³/mol.